The van der Waals surface area contributed by atoms with Gasteiger partial charge in [-0.15, -0.1) is 0 Å². The van der Waals surface area contributed by atoms with E-state index in [1.54, 1.807) is 31.4 Å². The van der Waals surface area contributed by atoms with Crippen LogP contribution in [0.5, 0.6) is 11.5 Å². The minimum Gasteiger partial charge on any atom is -0.497 e. The van der Waals surface area contributed by atoms with Crippen LogP contribution in [0.25, 0.3) is 0 Å². The van der Waals surface area contributed by atoms with Gasteiger partial charge in [-0.2, -0.15) is 31.4 Å². The highest BCUT2D eigenvalue weighted by atomic mass is 19.4. The number of methoxy groups -OCH3 is 1. The maximum Gasteiger partial charge on any atom is 0.431 e. The standard InChI is InChI=1S/C22H22F6N2O2/c1-31-17-6-2-16(3-7-17)11-13-32-18-8-4-15(5-9-18)10-12-30-20(22(26,27)28)14-19(29-30)21(23,24)25/h2-9,20H,10-14H2,1H3. The Kier molecular flexibility index (Phi) is 7.20. The van der Waals surface area contributed by atoms with Gasteiger partial charge in [0.05, 0.1) is 13.7 Å². The summed E-state index contributed by atoms with van der Waals surface area (Å²) < 4.78 is 88.6. The molecular weight excluding hydrogens is 438 g/mol. The molecule has 1 aliphatic rings. The quantitative estimate of drug-likeness (QED) is 0.494. The van der Waals surface area contributed by atoms with Gasteiger partial charge in [-0.05, 0) is 41.8 Å². The third-order valence-electron chi connectivity index (χ3n) is 5.07. The molecule has 1 heterocycles. The summed E-state index contributed by atoms with van der Waals surface area (Å²) in [6.45, 7) is 0.156. The molecule has 32 heavy (non-hydrogen) atoms. The van der Waals surface area contributed by atoms with Crippen LogP contribution >= 0.6 is 0 Å². The van der Waals surface area contributed by atoms with E-state index in [2.05, 4.69) is 5.10 Å². The summed E-state index contributed by atoms with van der Waals surface area (Å²) in [6, 6.07) is 12.0. The molecule has 2 aromatic carbocycles. The Morgan fingerprint density at radius 3 is 1.97 bits per heavy atom. The van der Waals surface area contributed by atoms with E-state index in [4.69, 9.17) is 9.47 Å². The van der Waals surface area contributed by atoms with Gasteiger partial charge in [0.15, 0.2) is 0 Å². The van der Waals surface area contributed by atoms with Gasteiger partial charge in [-0.1, -0.05) is 24.3 Å². The maximum absolute atomic E-state index is 13.1. The molecule has 0 bridgehead atoms. The molecular formula is C22H22F6N2O2. The van der Waals surface area contributed by atoms with Crippen LogP contribution in [0.2, 0.25) is 0 Å². The minimum atomic E-state index is -4.87. The fourth-order valence-electron chi connectivity index (χ4n) is 3.29. The van der Waals surface area contributed by atoms with Gasteiger partial charge in [0, 0.05) is 19.4 Å². The summed E-state index contributed by atoms with van der Waals surface area (Å²) in [6.07, 6.45) is -10.1. The predicted octanol–water partition coefficient (Wildman–Crippen LogP) is 5.41. The third kappa shape index (κ3) is 6.30. The number of ether oxygens (including phenoxy) is 2. The van der Waals surface area contributed by atoms with E-state index in [0.29, 0.717) is 29.3 Å². The highest BCUT2D eigenvalue weighted by molar-refractivity contribution is 5.91. The van der Waals surface area contributed by atoms with Gasteiger partial charge < -0.3 is 9.47 Å². The summed E-state index contributed by atoms with van der Waals surface area (Å²) in [7, 11) is 1.59. The topological polar surface area (TPSA) is 34.1 Å². The first-order chi connectivity index (χ1) is 15.1. The summed E-state index contributed by atoms with van der Waals surface area (Å²) in [5, 5.41) is 3.68. The first kappa shape index (κ1) is 23.7. The lowest BCUT2D eigenvalue weighted by Gasteiger charge is -2.25. The molecule has 0 fully saturated rings. The van der Waals surface area contributed by atoms with Crippen LogP contribution < -0.4 is 9.47 Å². The third-order valence-corrected chi connectivity index (χ3v) is 5.07. The fraction of sp³-hybridized carbons (Fsp3) is 0.409. The molecule has 1 unspecified atom stereocenters. The van der Waals surface area contributed by atoms with Crippen molar-refractivity contribution in [1.82, 2.24) is 5.01 Å². The zero-order valence-electron chi connectivity index (χ0n) is 17.2. The second kappa shape index (κ2) is 9.70. The van der Waals surface area contributed by atoms with Crippen LogP contribution in [0.1, 0.15) is 17.5 Å². The van der Waals surface area contributed by atoms with Crippen molar-refractivity contribution in [3.05, 3.63) is 59.7 Å². The Morgan fingerprint density at radius 2 is 1.44 bits per heavy atom. The molecule has 4 nitrogen and oxygen atoms in total. The minimum absolute atomic E-state index is 0.118. The molecule has 0 saturated heterocycles. The Morgan fingerprint density at radius 1 is 0.875 bits per heavy atom. The maximum atomic E-state index is 13.1. The lowest BCUT2D eigenvalue weighted by molar-refractivity contribution is -0.178. The van der Waals surface area contributed by atoms with Crippen LogP contribution in [-0.2, 0) is 12.8 Å². The van der Waals surface area contributed by atoms with Crippen LogP contribution in [0.3, 0.4) is 0 Å². The second-order valence-electron chi connectivity index (χ2n) is 7.31. The summed E-state index contributed by atoms with van der Waals surface area (Å²) in [5.74, 6) is 1.36. The smallest absolute Gasteiger partial charge is 0.431 e. The Balaban J connectivity index is 1.51. The van der Waals surface area contributed by atoms with Gasteiger partial charge >= 0.3 is 12.4 Å². The van der Waals surface area contributed by atoms with Crippen LogP contribution in [0.4, 0.5) is 26.3 Å². The molecule has 0 aromatic heterocycles. The van der Waals surface area contributed by atoms with Gasteiger partial charge in [-0.3, -0.25) is 5.01 Å². The van der Waals surface area contributed by atoms with Crippen molar-refractivity contribution in [2.45, 2.75) is 37.7 Å². The van der Waals surface area contributed by atoms with E-state index in [-0.39, 0.29) is 13.0 Å². The van der Waals surface area contributed by atoms with E-state index in [1.165, 1.54) is 0 Å². The molecule has 0 spiro atoms. The second-order valence-corrected chi connectivity index (χ2v) is 7.31. The molecule has 10 heteroatoms. The van der Waals surface area contributed by atoms with E-state index < -0.39 is 30.5 Å². The van der Waals surface area contributed by atoms with Crippen LogP contribution in [-0.4, -0.2) is 49.4 Å². The molecule has 0 radical (unpaired) electrons. The Bertz CT molecular complexity index is 908. The average molecular weight is 460 g/mol. The number of halogens is 6. The van der Waals surface area contributed by atoms with E-state index in [9.17, 15) is 26.3 Å². The van der Waals surface area contributed by atoms with Gasteiger partial charge in [0.1, 0.15) is 23.3 Å². The molecule has 3 rings (SSSR count). The highest BCUT2D eigenvalue weighted by Gasteiger charge is 2.52. The number of nitrogens with zero attached hydrogens (tertiary/aromatic N) is 2. The molecule has 2 aromatic rings. The van der Waals surface area contributed by atoms with Crippen molar-refractivity contribution >= 4 is 5.71 Å². The van der Waals surface area contributed by atoms with Crippen molar-refractivity contribution in [3.63, 3.8) is 0 Å². The fourth-order valence-corrected chi connectivity index (χ4v) is 3.29. The Hall–Kier alpha value is -2.91. The monoisotopic (exact) mass is 460 g/mol. The van der Waals surface area contributed by atoms with Gasteiger partial charge in [0.25, 0.3) is 0 Å². The molecule has 174 valence electrons. The van der Waals surface area contributed by atoms with Crippen molar-refractivity contribution in [1.29, 1.82) is 0 Å². The van der Waals surface area contributed by atoms with E-state index >= 15 is 0 Å². The Labute approximate surface area is 181 Å². The molecule has 1 atom stereocenters. The lowest BCUT2D eigenvalue weighted by atomic mass is 10.1. The zero-order valence-corrected chi connectivity index (χ0v) is 17.2. The highest BCUT2D eigenvalue weighted by Crippen LogP contribution is 2.36. The van der Waals surface area contributed by atoms with Crippen molar-refractivity contribution in [2.24, 2.45) is 5.10 Å². The summed E-state index contributed by atoms with van der Waals surface area (Å²) in [4.78, 5) is 0. The van der Waals surface area contributed by atoms with Gasteiger partial charge in [0.2, 0.25) is 0 Å². The number of alkyl halides is 6. The average Bonchev–Trinajstić information content (AvgIpc) is 3.19. The molecule has 0 amide bonds. The summed E-state index contributed by atoms with van der Waals surface area (Å²) >= 11 is 0. The normalized spacial score (nSPS) is 16.8. The molecule has 0 N–H and O–H groups in total. The molecule has 1 aliphatic heterocycles. The van der Waals surface area contributed by atoms with Crippen molar-refractivity contribution in [3.8, 4) is 11.5 Å². The summed E-state index contributed by atoms with van der Waals surface area (Å²) in [5.41, 5.74) is 0.343. The number of hydrazone groups is 1. The number of rotatable bonds is 8. The molecule has 0 saturated carbocycles. The van der Waals surface area contributed by atoms with Gasteiger partial charge in [-0.25, -0.2) is 0 Å². The first-order valence-electron chi connectivity index (χ1n) is 9.89. The van der Waals surface area contributed by atoms with E-state index in [0.717, 1.165) is 11.3 Å². The lowest BCUT2D eigenvalue weighted by Crippen LogP contribution is -2.41. The van der Waals surface area contributed by atoms with Crippen LogP contribution in [0, 0.1) is 0 Å². The van der Waals surface area contributed by atoms with Crippen molar-refractivity contribution < 1.29 is 35.8 Å². The number of hydrogen-bond donors (Lipinski definition) is 0. The number of benzene rings is 2. The van der Waals surface area contributed by atoms with Crippen molar-refractivity contribution in [2.75, 3.05) is 20.3 Å². The SMILES string of the molecule is COc1ccc(CCOc2ccc(CCN3N=C(C(F)(F)F)CC3C(F)(F)F)cc2)cc1. The van der Waals surface area contributed by atoms with Crippen LogP contribution in [0.15, 0.2) is 53.6 Å². The van der Waals surface area contributed by atoms with E-state index in [1.807, 2.05) is 24.3 Å². The molecule has 0 aliphatic carbocycles. The largest absolute Gasteiger partial charge is 0.497 e. The zero-order chi connectivity index (χ0) is 23.4. The predicted molar refractivity (Wildman–Crippen MR) is 107 cm³/mol. The first-order valence-corrected chi connectivity index (χ1v) is 9.89. The number of hydrogen-bond acceptors (Lipinski definition) is 4.